The van der Waals surface area contributed by atoms with Gasteiger partial charge in [-0.2, -0.15) is 13.2 Å². The van der Waals surface area contributed by atoms with E-state index in [0.29, 0.717) is 0 Å². The van der Waals surface area contributed by atoms with Gasteiger partial charge in [0.2, 0.25) is 0 Å². The average molecular weight is 488 g/mol. The minimum Gasteiger partial charge on any atom is -0.451 e. The zero-order valence-corrected chi connectivity index (χ0v) is 18.5. The molecule has 1 aliphatic rings. The Labute approximate surface area is 199 Å². The summed E-state index contributed by atoms with van der Waals surface area (Å²) in [5, 5.41) is 30.1. The second-order valence-electron chi connectivity index (χ2n) is 8.31. The summed E-state index contributed by atoms with van der Waals surface area (Å²) < 4.78 is 50.4. The average Bonchev–Trinajstić information content (AvgIpc) is 3.09. The van der Waals surface area contributed by atoms with Gasteiger partial charge in [0.05, 0.1) is 11.1 Å². The first-order valence-corrected chi connectivity index (χ1v) is 10.8. The number of ether oxygens (including phenoxy) is 2. The van der Waals surface area contributed by atoms with Gasteiger partial charge in [-0.25, -0.2) is 4.79 Å². The molecular weight excluding hydrogens is 465 g/mol. The lowest BCUT2D eigenvalue weighted by Crippen LogP contribution is -2.37. The molecule has 0 aliphatic carbocycles. The molecule has 0 aromatic heterocycles. The van der Waals surface area contributed by atoms with Crippen molar-refractivity contribution in [2.45, 2.75) is 43.8 Å². The number of rotatable bonds is 5. The molecule has 1 saturated heterocycles. The first-order valence-electron chi connectivity index (χ1n) is 10.8. The normalized spacial score (nSPS) is 23.2. The highest BCUT2D eigenvalue weighted by atomic mass is 19.4. The van der Waals surface area contributed by atoms with Crippen molar-refractivity contribution in [2.75, 3.05) is 0 Å². The SMILES string of the molecule is Cc1cc([C@@H](OC(=O)c2ccc(-c3ccccc3)cc2)[C@H]2O[C@@H](O)[C@H](O)[C@@H]2O)ccc1C(F)(F)F. The number of carbonyl (C=O) groups excluding carboxylic acids is 1. The number of alkyl halides is 3. The quantitative estimate of drug-likeness (QED) is 0.470. The molecule has 6 nitrogen and oxygen atoms in total. The minimum atomic E-state index is -4.58. The fraction of sp³-hybridized carbons (Fsp3) is 0.269. The van der Waals surface area contributed by atoms with Crippen molar-refractivity contribution in [1.29, 1.82) is 0 Å². The third-order valence-corrected chi connectivity index (χ3v) is 5.92. The number of hydrogen-bond acceptors (Lipinski definition) is 6. The summed E-state index contributed by atoms with van der Waals surface area (Å²) in [6, 6.07) is 19.1. The van der Waals surface area contributed by atoms with E-state index < -0.39 is 48.4 Å². The van der Waals surface area contributed by atoms with Gasteiger partial charge in [0, 0.05) is 0 Å². The van der Waals surface area contributed by atoms with Crippen LogP contribution in [0, 0.1) is 6.92 Å². The van der Waals surface area contributed by atoms with Gasteiger partial charge in [0.15, 0.2) is 12.4 Å². The smallest absolute Gasteiger partial charge is 0.416 e. The predicted octanol–water partition coefficient (Wildman–Crippen LogP) is 4.02. The highest BCUT2D eigenvalue weighted by Crippen LogP contribution is 2.37. The van der Waals surface area contributed by atoms with Gasteiger partial charge in [-0.3, -0.25) is 0 Å². The Hall–Kier alpha value is -3.24. The van der Waals surface area contributed by atoms with E-state index in [2.05, 4.69) is 0 Å². The van der Waals surface area contributed by atoms with Crippen LogP contribution in [-0.2, 0) is 15.7 Å². The molecule has 1 fully saturated rings. The van der Waals surface area contributed by atoms with Crippen molar-refractivity contribution in [3.8, 4) is 11.1 Å². The Morgan fingerprint density at radius 2 is 1.54 bits per heavy atom. The summed E-state index contributed by atoms with van der Waals surface area (Å²) in [6.07, 6.45) is -12.5. The number of aliphatic hydroxyl groups excluding tert-OH is 3. The number of aryl methyl sites for hydroxylation is 1. The van der Waals surface area contributed by atoms with Crippen molar-refractivity contribution in [1.82, 2.24) is 0 Å². The number of aliphatic hydroxyl groups is 3. The first-order chi connectivity index (χ1) is 16.6. The molecule has 0 unspecified atom stereocenters. The molecule has 3 aromatic carbocycles. The Bertz CT molecular complexity index is 1180. The molecule has 9 heteroatoms. The Balaban J connectivity index is 1.63. The Morgan fingerprint density at radius 3 is 2.09 bits per heavy atom. The van der Waals surface area contributed by atoms with Crippen LogP contribution < -0.4 is 0 Å². The summed E-state index contributed by atoms with van der Waals surface area (Å²) >= 11 is 0. The number of hydrogen-bond donors (Lipinski definition) is 3. The van der Waals surface area contributed by atoms with Crippen LogP contribution in [-0.4, -0.2) is 45.9 Å². The van der Waals surface area contributed by atoms with E-state index in [9.17, 15) is 33.3 Å². The minimum absolute atomic E-state index is 0.107. The van der Waals surface area contributed by atoms with Gasteiger partial charge in [0.1, 0.15) is 18.3 Å². The standard InChI is InChI=1S/C26H23F3O6/c1-14-13-18(11-12-19(14)26(27,28)29)22(23-20(30)21(31)25(33)35-23)34-24(32)17-9-7-16(8-10-17)15-5-3-2-4-6-15/h2-13,20-23,25,30-31,33H,1H3/t20-,21+,22+,23-,25+/m0/s1. The molecule has 0 spiro atoms. The van der Waals surface area contributed by atoms with Crippen molar-refractivity contribution >= 4 is 5.97 Å². The van der Waals surface area contributed by atoms with Crippen LogP contribution in [0.25, 0.3) is 11.1 Å². The molecule has 3 N–H and O–H groups in total. The molecule has 184 valence electrons. The molecule has 0 saturated carbocycles. The number of esters is 1. The van der Waals surface area contributed by atoms with Crippen molar-refractivity contribution in [3.05, 3.63) is 95.1 Å². The molecule has 5 atom stereocenters. The van der Waals surface area contributed by atoms with Crippen molar-refractivity contribution in [3.63, 3.8) is 0 Å². The fourth-order valence-electron chi connectivity index (χ4n) is 4.05. The van der Waals surface area contributed by atoms with Crippen LogP contribution in [0.4, 0.5) is 13.2 Å². The molecule has 1 aliphatic heterocycles. The van der Waals surface area contributed by atoms with E-state index in [-0.39, 0.29) is 16.7 Å². The van der Waals surface area contributed by atoms with Crippen LogP contribution in [0.15, 0.2) is 72.8 Å². The third-order valence-electron chi connectivity index (χ3n) is 5.92. The monoisotopic (exact) mass is 488 g/mol. The topological polar surface area (TPSA) is 96.2 Å². The zero-order chi connectivity index (χ0) is 25.3. The van der Waals surface area contributed by atoms with Crippen LogP contribution in [0.1, 0.15) is 33.2 Å². The maximum atomic E-state index is 13.2. The summed E-state index contributed by atoms with van der Waals surface area (Å²) in [7, 11) is 0. The van der Waals surface area contributed by atoms with Crippen molar-refractivity contribution in [2.24, 2.45) is 0 Å². The molecule has 35 heavy (non-hydrogen) atoms. The first kappa shape index (κ1) is 24.9. The van der Waals surface area contributed by atoms with Gasteiger partial charge >= 0.3 is 12.1 Å². The second kappa shape index (κ2) is 9.79. The van der Waals surface area contributed by atoms with Gasteiger partial charge < -0.3 is 24.8 Å². The van der Waals surface area contributed by atoms with E-state index in [1.54, 1.807) is 12.1 Å². The second-order valence-corrected chi connectivity index (χ2v) is 8.31. The molecule has 0 bridgehead atoms. The summed E-state index contributed by atoms with van der Waals surface area (Å²) in [6.45, 7) is 1.25. The van der Waals surface area contributed by atoms with Gasteiger partial charge in [-0.1, -0.05) is 54.6 Å². The maximum Gasteiger partial charge on any atom is 0.416 e. The van der Waals surface area contributed by atoms with Gasteiger partial charge in [-0.15, -0.1) is 0 Å². The molecule has 0 radical (unpaired) electrons. The maximum absolute atomic E-state index is 13.2. The molecule has 3 aromatic rings. The van der Waals surface area contributed by atoms with Crippen LogP contribution in [0.3, 0.4) is 0 Å². The van der Waals surface area contributed by atoms with E-state index in [0.717, 1.165) is 23.3 Å². The third kappa shape index (κ3) is 5.23. The van der Waals surface area contributed by atoms with Crippen LogP contribution in [0.2, 0.25) is 0 Å². The van der Waals surface area contributed by atoms with Crippen molar-refractivity contribution < 1.29 is 42.8 Å². The van der Waals surface area contributed by atoms with Gasteiger partial charge in [-0.05, 0) is 47.4 Å². The zero-order valence-electron chi connectivity index (χ0n) is 18.5. The molecule has 1 heterocycles. The summed E-state index contributed by atoms with van der Waals surface area (Å²) in [5.41, 5.74) is 1.07. The van der Waals surface area contributed by atoms with Crippen LogP contribution >= 0.6 is 0 Å². The Kier molecular flexibility index (Phi) is 6.95. The molecular formula is C26H23F3O6. The lowest BCUT2D eigenvalue weighted by Gasteiger charge is -2.26. The number of carbonyl (C=O) groups is 1. The summed E-state index contributed by atoms with van der Waals surface area (Å²) in [4.78, 5) is 12.9. The van der Waals surface area contributed by atoms with Gasteiger partial charge in [0.25, 0.3) is 0 Å². The lowest BCUT2D eigenvalue weighted by atomic mass is 9.95. The predicted molar refractivity (Wildman–Crippen MR) is 119 cm³/mol. The Morgan fingerprint density at radius 1 is 0.914 bits per heavy atom. The highest BCUT2D eigenvalue weighted by molar-refractivity contribution is 5.90. The van der Waals surface area contributed by atoms with E-state index in [1.165, 1.54) is 25.1 Å². The molecule has 4 rings (SSSR count). The lowest BCUT2D eigenvalue weighted by molar-refractivity contribution is -0.148. The largest absolute Gasteiger partial charge is 0.451 e. The molecule has 0 amide bonds. The van der Waals surface area contributed by atoms with E-state index in [1.807, 2.05) is 30.3 Å². The highest BCUT2D eigenvalue weighted by Gasteiger charge is 2.48. The van der Waals surface area contributed by atoms with Crippen LogP contribution in [0.5, 0.6) is 0 Å². The van der Waals surface area contributed by atoms with E-state index in [4.69, 9.17) is 9.47 Å². The summed E-state index contributed by atoms with van der Waals surface area (Å²) in [5.74, 6) is -0.821. The number of halogens is 3. The number of benzene rings is 3. The fourth-order valence-corrected chi connectivity index (χ4v) is 4.05. The van der Waals surface area contributed by atoms with E-state index >= 15 is 0 Å².